The van der Waals surface area contributed by atoms with Gasteiger partial charge in [-0.2, -0.15) is 0 Å². The van der Waals surface area contributed by atoms with E-state index in [4.69, 9.17) is 9.47 Å². The summed E-state index contributed by atoms with van der Waals surface area (Å²) in [6.45, 7) is 6.83. The van der Waals surface area contributed by atoms with Gasteiger partial charge in [0.15, 0.2) is 11.5 Å². The molecule has 0 spiro atoms. The minimum absolute atomic E-state index is 0.0292. The van der Waals surface area contributed by atoms with E-state index >= 15 is 0 Å². The highest BCUT2D eigenvalue weighted by molar-refractivity contribution is 9.10. The van der Waals surface area contributed by atoms with E-state index in [2.05, 4.69) is 21.2 Å². The zero-order valence-electron chi connectivity index (χ0n) is 11.3. The maximum absolute atomic E-state index is 11.7. The molecular weight excluding hydrogens is 310 g/mol. The van der Waals surface area contributed by atoms with Crippen molar-refractivity contribution >= 4 is 21.8 Å². The Labute approximate surface area is 121 Å². The van der Waals surface area contributed by atoms with Gasteiger partial charge < -0.3 is 14.8 Å². The number of halogens is 1. The molecule has 2 rings (SSSR count). The summed E-state index contributed by atoms with van der Waals surface area (Å²) in [5, 5.41) is 2.98. The van der Waals surface area contributed by atoms with E-state index in [-0.39, 0.29) is 17.9 Å². The van der Waals surface area contributed by atoms with E-state index in [9.17, 15) is 4.79 Å². The Hall–Kier alpha value is -1.23. The lowest BCUT2D eigenvalue weighted by Gasteiger charge is -2.23. The predicted molar refractivity (Wildman–Crippen MR) is 76.5 cm³/mol. The highest BCUT2D eigenvalue weighted by Crippen LogP contribution is 2.37. The Morgan fingerprint density at radius 2 is 1.79 bits per heavy atom. The predicted octanol–water partition coefficient (Wildman–Crippen LogP) is 3.05. The molecule has 1 aliphatic rings. The van der Waals surface area contributed by atoms with Gasteiger partial charge in [0.05, 0.1) is 6.04 Å². The van der Waals surface area contributed by atoms with Gasteiger partial charge >= 0.3 is 0 Å². The minimum atomic E-state index is -0.0832. The van der Waals surface area contributed by atoms with E-state index in [1.54, 1.807) is 0 Å². The molecule has 1 N–H and O–H groups in total. The quantitative estimate of drug-likeness (QED) is 0.928. The molecule has 1 heterocycles. The maximum atomic E-state index is 11.7. The number of amides is 1. The van der Waals surface area contributed by atoms with Gasteiger partial charge in [-0.05, 0) is 24.6 Å². The van der Waals surface area contributed by atoms with E-state index in [1.807, 2.05) is 32.9 Å². The topological polar surface area (TPSA) is 47.6 Å². The summed E-state index contributed by atoms with van der Waals surface area (Å²) in [7, 11) is 0. The van der Waals surface area contributed by atoms with Crippen molar-refractivity contribution in [3.05, 3.63) is 22.2 Å². The van der Waals surface area contributed by atoms with Gasteiger partial charge in [0.2, 0.25) is 5.91 Å². The van der Waals surface area contributed by atoms with Crippen LogP contribution in [0.2, 0.25) is 0 Å². The number of ether oxygens (including phenoxy) is 2. The fourth-order valence-electron chi connectivity index (χ4n) is 1.87. The molecule has 1 atom stereocenters. The van der Waals surface area contributed by atoms with E-state index < -0.39 is 0 Å². The average molecular weight is 328 g/mol. The number of rotatable bonds is 3. The van der Waals surface area contributed by atoms with Crippen molar-refractivity contribution in [2.75, 3.05) is 13.2 Å². The summed E-state index contributed by atoms with van der Waals surface area (Å²) in [5.41, 5.74) is 0.984. The largest absolute Gasteiger partial charge is 0.486 e. The lowest BCUT2D eigenvalue weighted by Crippen LogP contribution is -2.30. The number of hydrogen-bond acceptors (Lipinski definition) is 3. The number of carbonyl (C=O) groups excluding carboxylic acids is 1. The van der Waals surface area contributed by atoms with Crippen molar-refractivity contribution in [3.8, 4) is 11.5 Å². The Morgan fingerprint density at radius 3 is 2.37 bits per heavy atom. The number of carbonyl (C=O) groups is 1. The second kappa shape index (κ2) is 5.82. The summed E-state index contributed by atoms with van der Waals surface area (Å²) in [4.78, 5) is 11.7. The highest BCUT2D eigenvalue weighted by Gasteiger charge is 2.19. The Kier molecular flexibility index (Phi) is 4.34. The molecule has 0 bridgehead atoms. The molecule has 1 aromatic carbocycles. The summed E-state index contributed by atoms with van der Waals surface area (Å²) in [6, 6.07) is 3.73. The first-order valence-corrected chi connectivity index (χ1v) is 7.17. The normalized spacial score (nSPS) is 15.2. The molecule has 1 aliphatic heterocycles. The molecule has 0 aromatic heterocycles. The molecule has 104 valence electrons. The zero-order chi connectivity index (χ0) is 14.0. The van der Waals surface area contributed by atoms with Crippen LogP contribution in [0.3, 0.4) is 0 Å². The van der Waals surface area contributed by atoms with Crippen LogP contribution in [-0.2, 0) is 4.79 Å². The van der Waals surface area contributed by atoms with Gasteiger partial charge in [-0.15, -0.1) is 0 Å². The lowest BCUT2D eigenvalue weighted by molar-refractivity contribution is -0.124. The maximum Gasteiger partial charge on any atom is 0.223 e. The standard InChI is InChI=1S/C14H18BrNO3/c1-8(2)14(17)16-9(3)10-6-12-13(7-11(10)15)19-5-4-18-12/h6-9H,4-5H2,1-3H3,(H,16,17)/t9-/m1/s1. The van der Waals surface area contributed by atoms with Gasteiger partial charge in [-0.1, -0.05) is 29.8 Å². The van der Waals surface area contributed by atoms with Crippen LogP contribution < -0.4 is 14.8 Å². The minimum Gasteiger partial charge on any atom is -0.486 e. The Balaban J connectivity index is 2.22. The third-order valence-corrected chi connectivity index (χ3v) is 3.70. The zero-order valence-corrected chi connectivity index (χ0v) is 12.9. The van der Waals surface area contributed by atoms with Crippen LogP contribution in [0.15, 0.2) is 16.6 Å². The van der Waals surface area contributed by atoms with Crippen molar-refractivity contribution in [1.82, 2.24) is 5.32 Å². The van der Waals surface area contributed by atoms with Crippen molar-refractivity contribution < 1.29 is 14.3 Å². The fourth-order valence-corrected chi connectivity index (χ4v) is 2.54. The molecule has 0 unspecified atom stereocenters. The van der Waals surface area contributed by atoms with Crippen molar-refractivity contribution in [2.24, 2.45) is 5.92 Å². The first kappa shape index (κ1) is 14.2. The number of nitrogens with one attached hydrogen (secondary N) is 1. The van der Waals surface area contributed by atoms with Crippen molar-refractivity contribution in [3.63, 3.8) is 0 Å². The summed E-state index contributed by atoms with van der Waals surface area (Å²) in [6.07, 6.45) is 0. The fraction of sp³-hybridized carbons (Fsp3) is 0.500. The van der Waals surface area contributed by atoms with Gasteiger partial charge in [-0.25, -0.2) is 0 Å². The summed E-state index contributed by atoms with van der Waals surface area (Å²) in [5.74, 6) is 1.48. The number of benzene rings is 1. The van der Waals surface area contributed by atoms with E-state index in [1.165, 1.54) is 0 Å². The molecule has 1 aromatic rings. The SMILES string of the molecule is CC(C)C(=O)N[C@H](C)c1cc2c(cc1Br)OCCO2. The third kappa shape index (κ3) is 3.21. The van der Waals surface area contributed by atoms with Crippen molar-refractivity contribution in [2.45, 2.75) is 26.8 Å². The lowest BCUT2D eigenvalue weighted by atomic mass is 10.1. The van der Waals surface area contributed by atoms with Crippen LogP contribution >= 0.6 is 15.9 Å². The molecule has 0 saturated carbocycles. The van der Waals surface area contributed by atoms with Crippen LogP contribution in [0.4, 0.5) is 0 Å². The second-order valence-corrected chi connectivity index (χ2v) is 5.76. The van der Waals surface area contributed by atoms with Crippen molar-refractivity contribution in [1.29, 1.82) is 0 Å². The first-order chi connectivity index (χ1) is 8.99. The molecule has 5 heteroatoms. The molecular formula is C14H18BrNO3. The average Bonchev–Trinajstić information content (AvgIpc) is 2.37. The smallest absolute Gasteiger partial charge is 0.223 e. The van der Waals surface area contributed by atoms with E-state index in [0.29, 0.717) is 13.2 Å². The molecule has 0 saturated heterocycles. The molecule has 0 aliphatic carbocycles. The Bertz CT molecular complexity index is 488. The third-order valence-electron chi connectivity index (χ3n) is 3.01. The number of hydrogen-bond donors (Lipinski definition) is 1. The number of fused-ring (bicyclic) bond motifs is 1. The van der Waals surface area contributed by atoms with Crippen LogP contribution in [0, 0.1) is 5.92 Å². The van der Waals surface area contributed by atoms with Crippen LogP contribution in [0.1, 0.15) is 32.4 Å². The molecule has 19 heavy (non-hydrogen) atoms. The molecule has 0 fully saturated rings. The van der Waals surface area contributed by atoms with Gasteiger partial charge in [0, 0.05) is 10.4 Å². The Morgan fingerprint density at radius 1 is 1.21 bits per heavy atom. The van der Waals surface area contributed by atoms with Crippen LogP contribution in [-0.4, -0.2) is 19.1 Å². The van der Waals surface area contributed by atoms with E-state index in [0.717, 1.165) is 21.5 Å². The van der Waals surface area contributed by atoms with Crippen LogP contribution in [0.25, 0.3) is 0 Å². The molecule has 4 nitrogen and oxygen atoms in total. The first-order valence-electron chi connectivity index (χ1n) is 6.38. The summed E-state index contributed by atoms with van der Waals surface area (Å²) >= 11 is 3.52. The second-order valence-electron chi connectivity index (χ2n) is 4.90. The molecule has 0 radical (unpaired) electrons. The van der Waals surface area contributed by atoms with Gasteiger partial charge in [-0.3, -0.25) is 4.79 Å². The molecule has 1 amide bonds. The van der Waals surface area contributed by atoms with Gasteiger partial charge in [0.1, 0.15) is 13.2 Å². The monoisotopic (exact) mass is 327 g/mol. The highest BCUT2D eigenvalue weighted by atomic mass is 79.9. The van der Waals surface area contributed by atoms with Crippen LogP contribution in [0.5, 0.6) is 11.5 Å². The van der Waals surface area contributed by atoms with Gasteiger partial charge in [0.25, 0.3) is 0 Å². The summed E-state index contributed by atoms with van der Waals surface area (Å²) < 4.78 is 12.0.